The Morgan fingerprint density at radius 1 is 1.36 bits per heavy atom. The Kier molecular flexibility index (Phi) is 5.31. The Morgan fingerprint density at radius 2 is 2.05 bits per heavy atom. The van der Waals surface area contributed by atoms with Crippen LogP contribution >= 0.6 is 27.3 Å². The maximum atomic E-state index is 12.1. The second-order valence-electron chi connectivity index (χ2n) is 4.24. The van der Waals surface area contributed by atoms with Crippen LogP contribution in [0.1, 0.15) is 16.8 Å². The molecule has 22 heavy (non-hydrogen) atoms. The normalized spacial score (nSPS) is 9.86. The quantitative estimate of drug-likeness (QED) is 0.820. The molecule has 0 unspecified atom stereocenters. The number of rotatable bonds is 4. The molecule has 0 saturated carbocycles. The number of esters is 1. The van der Waals surface area contributed by atoms with E-state index in [1.807, 2.05) is 24.3 Å². The third-order valence-electron chi connectivity index (χ3n) is 2.83. The Labute approximate surface area is 139 Å². The van der Waals surface area contributed by atoms with Crippen molar-refractivity contribution in [3.63, 3.8) is 0 Å². The van der Waals surface area contributed by atoms with Crippen molar-refractivity contribution in [3.05, 3.63) is 39.7 Å². The molecule has 1 N–H and O–H groups in total. The summed E-state index contributed by atoms with van der Waals surface area (Å²) in [6.07, 6.45) is -0.272. The second-order valence-corrected chi connectivity index (χ2v) is 6.03. The van der Waals surface area contributed by atoms with Gasteiger partial charge < -0.3 is 10.1 Å². The zero-order chi connectivity index (χ0) is 16.1. The summed E-state index contributed by atoms with van der Waals surface area (Å²) in [4.78, 5) is 23.6. The Bertz CT molecular complexity index is 747. The van der Waals surface area contributed by atoms with E-state index in [1.165, 1.54) is 18.4 Å². The summed E-state index contributed by atoms with van der Waals surface area (Å²) in [7, 11) is 1.28. The highest BCUT2D eigenvalue weighted by Gasteiger charge is 2.22. The molecule has 1 aromatic carbocycles. The maximum absolute atomic E-state index is 12.1. The van der Waals surface area contributed by atoms with Gasteiger partial charge >= 0.3 is 5.97 Å². The molecular formula is C15H11BrN2O3S. The fraction of sp³-hybridized carbons (Fsp3) is 0.133. The molecule has 0 aliphatic heterocycles. The van der Waals surface area contributed by atoms with E-state index in [2.05, 4.69) is 21.2 Å². The molecule has 0 bridgehead atoms. The van der Waals surface area contributed by atoms with Gasteiger partial charge in [-0.05, 0) is 17.7 Å². The second kappa shape index (κ2) is 7.20. The summed E-state index contributed by atoms with van der Waals surface area (Å²) >= 11 is 4.58. The summed E-state index contributed by atoms with van der Waals surface area (Å²) in [6, 6.07) is 9.21. The molecule has 112 valence electrons. The molecule has 0 spiro atoms. The standard InChI is InChI=1S/C15H11BrN2O3S/c1-21-15(20)13-11(9-2-4-10(16)5-3-9)8-22-14(13)18-12(19)6-7-17/h2-5,8H,6H2,1H3,(H,18,19). The zero-order valence-corrected chi connectivity index (χ0v) is 14.0. The summed E-state index contributed by atoms with van der Waals surface area (Å²) in [5, 5.41) is 13.3. The first-order chi connectivity index (χ1) is 10.6. The monoisotopic (exact) mass is 378 g/mol. The number of methoxy groups -OCH3 is 1. The van der Waals surface area contributed by atoms with Crippen molar-refractivity contribution >= 4 is 44.1 Å². The molecule has 0 fully saturated rings. The van der Waals surface area contributed by atoms with Crippen molar-refractivity contribution < 1.29 is 14.3 Å². The molecule has 1 aromatic heterocycles. The first-order valence-electron chi connectivity index (χ1n) is 6.19. The Morgan fingerprint density at radius 3 is 2.64 bits per heavy atom. The molecule has 2 aromatic rings. The molecule has 0 aliphatic carbocycles. The molecule has 0 radical (unpaired) electrons. The third-order valence-corrected chi connectivity index (χ3v) is 4.25. The van der Waals surface area contributed by atoms with E-state index >= 15 is 0 Å². The lowest BCUT2D eigenvalue weighted by atomic mass is 10.0. The number of thiophene rings is 1. The third kappa shape index (κ3) is 3.53. The van der Waals surface area contributed by atoms with Crippen LogP contribution in [-0.2, 0) is 9.53 Å². The highest BCUT2D eigenvalue weighted by Crippen LogP contribution is 2.36. The molecule has 7 heteroatoms. The van der Waals surface area contributed by atoms with Crippen molar-refractivity contribution in [3.8, 4) is 17.2 Å². The number of anilines is 1. The van der Waals surface area contributed by atoms with Crippen LogP contribution in [0.25, 0.3) is 11.1 Å². The van der Waals surface area contributed by atoms with Crippen molar-refractivity contribution in [2.45, 2.75) is 6.42 Å². The van der Waals surface area contributed by atoms with Crippen molar-refractivity contribution in [1.82, 2.24) is 0 Å². The number of ether oxygens (including phenoxy) is 1. The number of benzene rings is 1. The summed E-state index contributed by atoms with van der Waals surface area (Å²) in [6.45, 7) is 0. The SMILES string of the molecule is COC(=O)c1c(-c2ccc(Br)cc2)csc1NC(=O)CC#N. The lowest BCUT2D eigenvalue weighted by Gasteiger charge is -2.07. The number of amides is 1. The fourth-order valence-corrected chi connectivity index (χ4v) is 3.08. The van der Waals surface area contributed by atoms with Crippen LogP contribution in [0.4, 0.5) is 5.00 Å². The first kappa shape index (κ1) is 16.2. The molecule has 5 nitrogen and oxygen atoms in total. The zero-order valence-electron chi connectivity index (χ0n) is 11.6. The van der Waals surface area contributed by atoms with Gasteiger partial charge in [0.25, 0.3) is 0 Å². The number of carbonyl (C=O) groups is 2. The summed E-state index contributed by atoms with van der Waals surface area (Å²) in [5.41, 5.74) is 1.80. The van der Waals surface area contributed by atoms with Gasteiger partial charge in [-0.1, -0.05) is 28.1 Å². The average Bonchev–Trinajstić information content (AvgIpc) is 2.91. The van der Waals surface area contributed by atoms with Gasteiger partial charge in [0.15, 0.2) is 0 Å². The largest absolute Gasteiger partial charge is 0.465 e. The Balaban J connectivity index is 2.45. The van der Waals surface area contributed by atoms with Gasteiger partial charge in [-0.25, -0.2) is 4.79 Å². The highest BCUT2D eigenvalue weighted by molar-refractivity contribution is 9.10. The van der Waals surface area contributed by atoms with E-state index in [0.717, 1.165) is 10.0 Å². The Hall–Kier alpha value is -2.17. The maximum Gasteiger partial charge on any atom is 0.341 e. The lowest BCUT2D eigenvalue weighted by molar-refractivity contribution is -0.115. The average molecular weight is 379 g/mol. The molecular weight excluding hydrogens is 368 g/mol. The smallest absolute Gasteiger partial charge is 0.341 e. The van der Waals surface area contributed by atoms with E-state index in [-0.39, 0.29) is 6.42 Å². The van der Waals surface area contributed by atoms with Crippen LogP contribution in [0.2, 0.25) is 0 Å². The van der Waals surface area contributed by atoms with Crippen molar-refractivity contribution in [2.75, 3.05) is 12.4 Å². The van der Waals surface area contributed by atoms with Crippen LogP contribution in [-0.4, -0.2) is 19.0 Å². The van der Waals surface area contributed by atoms with Gasteiger partial charge in [0.1, 0.15) is 17.0 Å². The molecule has 1 amide bonds. The summed E-state index contributed by atoms with van der Waals surface area (Å²) in [5.74, 6) is -0.997. The lowest BCUT2D eigenvalue weighted by Crippen LogP contribution is -2.13. The van der Waals surface area contributed by atoms with Crippen LogP contribution < -0.4 is 5.32 Å². The number of hydrogen-bond donors (Lipinski definition) is 1. The van der Waals surface area contributed by atoms with Crippen LogP contribution in [0.15, 0.2) is 34.1 Å². The van der Waals surface area contributed by atoms with Gasteiger partial charge in [-0.15, -0.1) is 11.3 Å². The minimum atomic E-state index is -0.536. The van der Waals surface area contributed by atoms with E-state index in [0.29, 0.717) is 16.1 Å². The van der Waals surface area contributed by atoms with Gasteiger partial charge in [0, 0.05) is 15.4 Å². The number of nitriles is 1. The molecule has 2 rings (SSSR count). The summed E-state index contributed by atoms with van der Waals surface area (Å²) < 4.78 is 5.73. The predicted molar refractivity (Wildman–Crippen MR) is 87.7 cm³/mol. The van der Waals surface area contributed by atoms with Gasteiger partial charge in [0.2, 0.25) is 5.91 Å². The van der Waals surface area contributed by atoms with Crippen LogP contribution in [0.5, 0.6) is 0 Å². The molecule has 0 aliphatic rings. The molecule has 0 atom stereocenters. The van der Waals surface area contributed by atoms with E-state index in [1.54, 1.807) is 11.4 Å². The van der Waals surface area contributed by atoms with Crippen molar-refractivity contribution in [2.24, 2.45) is 0 Å². The number of nitrogens with zero attached hydrogens (tertiary/aromatic N) is 1. The van der Waals surface area contributed by atoms with E-state index in [4.69, 9.17) is 10.00 Å². The van der Waals surface area contributed by atoms with E-state index < -0.39 is 11.9 Å². The molecule has 1 heterocycles. The number of nitrogens with one attached hydrogen (secondary N) is 1. The molecule has 0 saturated heterocycles. The van der Waals surface area contributed by atoms with Gasteiger partial charge in [-0.3, -0.25) is 4.79 Å². The highest BCUT2D eigenvalue weighted by atomic mass is 79.9. The van der Waals surface area contributed by atoms with Gasteiger partial charge in [-0.2, -0.15) is 5.26 Å². The van der Waals surface area contributed by atoms with Crippen LogP contribution in [0.3, 0.4) is 0 Å². The predicted octanol–water partition coefficient (Wildman–Crippen LogP) is 3.82. The topological polar surface area (TPSA) is 79.2 Å². The van der Waals surface area contributed by atoms with Crippen molar-refractivity contribution in [1.29, 1.82) is 5.26 Å². The number of halogens is 1. The fourth-order valence-electron chi connectivity index (χ4n) is 1.84. The minimum Gasteiger partial charge on any atom is -0.465 e. The number of hydrogen-bond acceptors (Lipinski definition) is 5. The van der Waals surface area contributed by atoms with E-state index in [9.17, 15) is 9.59 Å². The first-order valence-corrected chi connectivity index (χ1v) is 7.86. The van der Waals surface area contributed by atoms with Gasteiger partial charge in [0.05, 0.1) is 13.2 Å². The minimum absolute atomic E-state index is 0.272. The van der Waals surface area contributed by atoms with Crippen LogP contribution in [0, 0.1) is 11.3 Å². The number of carbonyl (C=O) groups excluding carboxylic acids is 2.